The number of hydrogen-bond donors (Lipinski definition) is 1. The molecule has 1 amide bonds. The predicted molar refractivity (Wildman–Crippen MR) is 82.0 cm³/mol. The van der Waals surface area contributed by atoms with E-state index in [2.05, 4.69) is 5.32 Å². The zero-order valence-corrected chi connectivity index (χ0v) is 13.1. The van der Waals surface area contributed by atoms with Crippen LogP contribution in [0, 0.1) is 0 Å². The summed E-state index contributed by atoms with van der Waals surface area (Å²) in [5.74, 6) is -0.173. The van der Waals surface area contributed by atoms with Gasteiger partial charge < -0.3 is 10.1 Å². The number of amides is 1. The van der Waals surface area contributed by atoms with E-state index in [0.717, 1.165) is 25.7 Å². The van der Waals surface area contributed by atoms with E-state index < -0.39 is 16.1 Å². The third kappa shape index (κ3) is 3.16. The molecule has 2 fully saturated rings. The number of carbonyl (C=O) groups is 1. The van der Waals surface area contributed by atoms with Crippen LogP contribution in [0.25, 0.3) is 0 Å². The maximum Gasteiger partial charge on any atom is 0.253 e. The van der Waals surface area contributed by atoms with Gasteiger partial charge in [-0.15, -0.1) is 0 Å². The molecule has 0 unspecified atom stereocenters. The Bertz CT molecular complexity index is 630. The molecule has 0 bridgehead atoms. The SMILES string of the molecule is O=C(Nc1ccc(S(=O)(=O)N2CCCC2)cc1)[C@@H]1CCCO1. The van der Waals surface area contributed by atoms with Crippen molar-refractivity contribution in [2.45, 2.75) is 36.7 Å². The van der Waals surface area contributed by atoms with E-state index in [1.807, 2.05) is 0 Å². The Labute approximate surface area is 130 Å². The van der Waals surface area contributed by atoms with Crippen molar-refractivity contribution in [1.29, 1.82) is 0 Å². The smallest absolute Gasteiger partial charge is 0.253 e. The highest BCUT2D eigenvalue weighted by Gasteiger charge is 2.27. The van der Waals surface area contributed by atoms with Gasteiger partial charge in [-0.05, 0) is 49.9 Å². The second kappa shape index (κ2) is 6.36. The third-order valence-corrected chi connectivity index (χ3v) is 5.96. The Morgan fingerprint density at radius 1 is 1.14 bits per heavy atom. The number of carbonyl (C=O) groups excluding carboxylic acids is 1. The molecule has 0 saturated carbocycles. The summed E-state index contributed by atoms with van der Waals surface area (Å²) >= 11 is 0. The molecular formula is C15H20N2O4S. The van der Waals surface area contributed by atoms with Gasteiger partial charge in [-0.3, -0.25) is 4.79 Å². The van der Waals surface area contributed by atoms with Crippen LogP contribution in [0.2, 0.25) is 0 Å². The molecule has 1 aromatic carbocycles. The number of hydrogen-bond acceptors (Lipinski definition) is 4. The fourth-order valence-corrected chi connectivity index (χ4v) is 4.31. The summed E-state index contributed by atoms with van der Waals surface area (Å²) < 4.78 is 31.6. The van der Waals surface area contributed by atoms with Crippen LogP contribution in [-0.2, 0) is 19.6 Å². The molecule has 0 spiro atoms. The Morgan fingerprint density at radius 2 is 1.82 bits per heavy atom. The number of ether oxygens (including phenoxy) is 1. The summed E-state index contributed by atoms with van der Waals surface area (Å²) in [6, 6.07) is 6.32. The third-order valence-electron chi connectivity index (χ3n) is 4.05. The van der Waals surface area contributed by atoms with Gasteiger partial charge in [-0.2, -0.15) is 4.31 Å². The molecule has 2 saturated heterocycles. The molecular weight excluding hydrogens is 304 g/mol. The topological polar surface area (TPSA) is 75.7 Å². The number of rotatable bonds is 4. The highest BCUT2D eigenvalue weighted by atomic mass is 32.2. The monoisotopic (exact) mass is 324 g/mol. The van der Waals surface area contributed by atoms with Gasteiger partial charge in [0.25, 0.3) is 5.91 Å². The lowest BCUT2D eigenvalue weighted by atomic mass is 10.2. The van der Waals surface area contributed by atoms with Crippen molar-refractivity contribution in [1.82, 2.24) is 4.31 Å². The molecule has 1 N–H and O–H groups in total. The van der Waals surface area contributed by atoms with Crippen molar-refractivity contribution >= 4 is 21.6 Å². The lowest BCUT2D eigenvalue weighted by Crippen LogP contribution is -2.28. The van der Waals surface area contributed by atoms with Gasteiger partial charge >= 0.3 is 0 Å². The van der Waals surface area contributed by atoms with Crippen LogP contribution in [0.3, 0.4) is 0 Å². The van der Waals surface area contributed by atoms with Crippen molar-refractivity contribution < 1.29 is 17.9 Å². The number of sulfonamides is 1. The van der Waals surface area contributed by atoms with E-state index in [4.69, 9.17) is 4.74 Å². The molecule has 22 heavy (non-hydrogen) atoms. The summed E-state index contributed by atoms with van der Waals surface area (Å²) in [6.45, 7) is 1.78. The van der Waals surface area contributed by atoms with Crippen molar-refractivity contribution in [3.05, 3.63) is 24.3 Å². The first kappa shape index (κ1) is 15.5. The number of nitrogens with one attached hydrogen (secondary N) is 1. The second-order valence-electron chi connectivity index (χ2n) is 5.63. The zero-order valence-electron chi connectivity index (χ0n) is 12.3. The molecule has 3 rings (SSSR count). The highest BCUT2D eigenvalue weighted by Crippen LogP contribution is 2.22. The Hall–Kier alpha value is -1.44. The first-order chi connectivity index (χ1) is 10.6. The summed E-state index contributed by atoms with van der Waals surface area (Å²) in [5.41, 5.74) is 0.584. The molecule has 1 aromatic rings. The Kier molecular flexibility index (Phi) is 4.46. The van der Waals surface area contributed by atoms with Crippen LogP contribution in [-0.4, -0.2) is 44.4 Å². The minimum absolute atomic E-state index is 0.173. The normalized spacial score (nSPS) is 22.8. The molecule has 120 valence electrons. The van der Waals surface area contributed by atoms with Gasteiger partial charge in [0.1, 0.15) is 6.10 Å². The van der Waals surface area contributed by atoms with Gasteiger partial charge in [-0.1, -0.05) is 0 Å². The Balaban J connectivity index is 1.68. The Morgan fingerprint density at radius 3 is 2.41 bits per heavy atom. The first-order valence-electron chi connectivity index (χ1n) is 7.60. The number of benzene rings is 1. The lowest BCUT2D eigenvalue weighted by Gasteiger charge is -2.16. The quantitative estimate of drug-likeness (QED) is 0.912. The van der Waals surface area contributed by atoms with E-state index in [1.165, 1.54) is 4.31 Å². The van der Waals surface area contributed by atoms with Crippen LogP contribution < -0.4 is 5.32 Å². The minimum atomic E-state index is -3.40. The molecule has 6 nitrogen and oxygen atoms in total. The standard InChI is InChI=1S/C15H20N2O4S/c18-15(14-4-3-11-21-14)16-12-5-7-13(8-6-12)22(19,20)17-9-1-2-10-17/h5-8,14H,1-4,9-11H2,(H,16,18)/t14-/m0/s1. The van der Waals surface area contributed by atoms with Crippen LogP contribution >= 0.6 is 0 Å². The molecule has 2 aliphatic heterocycles. The molecule has 0 aliphatic carbocycles. The van der Waals surface area contributed by atoms with Crippen LogP contribution in [0.1, 0.15) is 25.7 Å². The van der Waals surface area contributed by atoms with Crippen molar-refractivity contribution in [3.63, 3.8) is 0 Å². The minimum Gasteiger partial charge on any atom is -0.368 e. The second-order valence-corrected chi connectivity index (χ2v) is 7.56. The first-order valence-corrected chi connectivity index (χ1v) is 9.04. The van der Waals surface area contributed by atoms with Gasteiger partial charge in [-0.25, -0.2) is 8.42 Å². The van der Waals surface area contributed by atoms with Crippen LogP contribution in [0.5, 0.6) is 0 Å². The van der Waals surface area contributed by atoms with Crippen molar-refractivity contribution in [2.75, 3.05) is 25.0 Å². The summed E-state index contributed by atoms with van der Waals surface area (Å²) in [5, 5.41) is 2.76. The van der Waals surface area contributed by atoms with Gasteiger partial charge in [0.15, 0.2) is 0 Å². The van der Waals surface area contributed by atoms with Gasteiger partial charge in [0, 0.05) is 25.4 Å². The zero-order chi connectivity index (χ0) is 15.6. The van der Waals surface area contributed by atoms with E-state index in [9.17, 15) is 13.2 Å². The van der Waals surface area contributed by atoms with Crippen molar-refractivity contribution in [2.24, 2.45) is 0 Å². The average molecular weight is 324 g/mol. The molecule has 7 heteroatoms. The van der Waals surface area contributed by atoms with Gasteiger partial charge in [0.05, 0.1) is 4.90 Å². The van der Waals surface area contributed by atoms with E-state index >= 15 is 0 Å². The molecule has 2 aliphatic rings. The van der Waals surface area contributed by atoms with Crippen LogP contribution in [0.4, 0.5) is 5.69 Å². The molecule has 1 atom stereocenters. The lowest BCUT2D eigenvalue weighted by molar-refractivity contribution is -0.124. The molecule has 0 aromatic heterocycles. The molecule has 2 heterocycles. The van der Waals surface area contributed by atoms with Crippen molar-refractivity contribution in [3.8, 4) is 0 Å². The fraction of sp³-hybridized carbons (Fsp3) is 0.533. The maximum absolute atomic E-state index is 12.4. The highest BCUT2D eigenvalue weighted by molar-refractivity contribution is 7.89. The molecule has 0 radical (unpaired) electrons. The summed E-state index contributed by atoms with van der Waals surface area (Å²) in [7, 11) is -3.40. The van der Waals surface area contributed by atoms with Gasteiger partial charge in [0.2, 0.25) is 10.0 Å². The summed E-state index contributed by atoms with van der Waals surface area (Å²) in [6.07, 6.45) is 3.05. The van der Waals surface area contributed by atoms with E-state index in [1.54, 1.807) is 24.3 Å². The fourth-order valence-electron chi connectivity index (χ4n) is 2.79. The number of anilines is 1. The summed E-state index contributed by atoms with van der Waals surface area (Å²) in [4.78, 5) is 12.2. The predicted octanol–water partition coefficient (Wildman–Crippen LogP) is 1.59. The van der Waals surface area contributed by atoms with E-state index in [-0.39, 0.29) is 10.8 Å². The van der Waals surface area contributed by atoms with Crippen LogP contribution in [0.15, 0.2) is 29.2 Å². The maximum atomic E-state index is 12.4. The largest absolute Gasteiger partial charge is 0.368 e. The average Bonchev–Trinajstić information content (AvgIpc) is 3.21. The number of nitrogens with zero attached hydrogens (tertiary/aromatic N) is 1. The van der Waals surface area contributed by atoms with E-state index in [0.29, 0.717) is 25.4 Å².